The maximum atomic E-state index is 12.0. The van der Waals surface area contributed by atoms with E-state index in [0.29, 0.717) is 15.9 Å². The van der Waals surface area contributed by atoms with Gasteiger partial charge in [-0.3, -0.25) is 10.1 Å². The minimum Gasteiger partial charge on any atom is -0.484 e. The normalized spacial score (nSPS) is 10.6. The number of rotatable bonds is 4. The number of fused-ring (bicyclic) bond motifs is 1. The highest BCUT2D eigenvalue weighted by molar-refractivity contribution is 7.80. The minimum absolute atomic E-state index is 0.125. The van der Waals surface area contributed by atoms with Gasteiger partial charge in [0.15, 0.2) is 16.9 Å². The Morgan fingerprint density at radius 2 is 2.12 bits per heavy atom. The van der Waals surface area contributed by atoms with Gasteiger partial charge in [0.2, 0.25) is 0 Å². The van der Waals surface area contributed by atoms with Gasteiger partial charge in [-0.2, -0.15) is 0 Å². The molecule has 8 heteroatoms. The number of carbonyl (C=O) groups is 1. The molecule has 1 heterocycles. The van der Waals surface area contributed by atoms with Gasteiger partial charge in [0.05, 0.1) is 10.2 Å². The van der Waals surface area contributed by atoms with Crippen molar-refractivity contribution in [3.8, 4) is 5.75 Å². The van der Waals surface area contributed by atoms with Crippen LogP contribution < -0.4 is 15.4 Å². The molecule has 0 saturated heterocycles. The van der Waals surface area contributed by atoms with Crippen LogP contribution in [0, 0.1) is 13.8 Å². The van der Waals surface area contributed by atoms with E-state index in [1.807, 2.05) is 44.2 Å². The van der Waals surface area contributed by atoms with Crippen LogP contribution in [0.5, 0.6) is 5.75 Å². The summed E-state index contributed by atoms with van der Waals surface area (Å²) in [5.41, 5.74) is 2.83. The van der Waals surface area contributed by atoms with E-state index in [1.54, 1.807) is 6.07 Å². The van der Waals surface area contributed by atoms with Crippen molar-refractivity contribution >= 4 is 61.5 Å². The van der Waals surface area contributed by atoms with Crippen molar-refractivity contribution in [1.29, 1.82) is 0 Å². The molecule has 0 saturated carbocycles. The third-order valence-corrected chi connectivity index (χ3v) is 5.05. The third-order valence-electron chi connectivity index (χ3n) is 3.50. The number of aryl methyl sites for hydroxylation is 2. The summed E-state index contributed by atoms with van der Waals surface area (Å²) < 4.78 is 6.44. The average molecular weight is 406 g/mol. The number of thiocarbonyl (C=S) groups is 1. The standard InChI is InChI=1S/C18H16ClN3O2S2/c1-10-4-3-5-12(6-10)24-9-16(23)21-17(25)22-18-20-14-8-13(19)11(2)7-15(14)26-18/h3-8H,9H2,1-2H3,(H2,20,21,22,23,25). The second-order valence-corrected chi connectivity index (χ2v) is 7.54. The van der Waals surface area contributed by atoms with Gasteiger partial charge in [-0.05, 0) is 61.5 Å². The van der Waals surface area contributed by atoms with E-state index in [9.17, 15) is 4.79 Å². The van der Waals surface area contributed by atoms with Crippen LogP contribution in [0.4, 0.5) is 5.13 Å². The molecule has 3 aromatic rings. The van der Waals surface area contributed by atoms with E-state index >= 15 is 0 Å². The van der Waals surface area contributed by atoms with Crippen LogP contribution in [-0.4, -0.2) is 22.6 Å². The number of carbonyl (C=O) groups excluding carboxylic acids is 1. The second kappa shape index (κ2) is 7.99. The fourth-order valence-electron chi connectivity index (χ4n) is 2.25. The van der Waals surface area contributed by atoms with E-state index < -0.39 is 0 Å². The summed E-state index contributed by atoms with van der Waals surface area (Å²) in [4.78, 5) is 16.4. The Kier molecular flexibility index (Phi) is 5.70. The quantitative estimate of drug-likeness (QED) is 0.627. The van der Waals surface area contributed by atoms with Gasteiger partial charge >= 0.3 is 0 Å². The number of amides is 1. The van der Waals surface area contributed by atoms with Gasteiger partial charge in [0, 0.05) is 5.02 Å². The summed E-state index contributed by atoms with van der Waals surface area (Å²) in [6.45, 7) is 3.77. The van der Waals surface area contributed by atoms with Gasteiger partial charge < -0.3 is 10.1 Å². The van der Waals surface area contributed by atoms with Gasteiger partial charge in [0.1, 0.15) is 5.75 Å². The maximum absolute atomic E-state index is 12.0. The van der Waals surface area contributed by atoms with Crippen LogP contribution in [-0.2, 0) is 4.79 Å². The summed E-state index contributed by atoms with van der Waals surface area (Å²) in [5, 5.41) is 6.92. The molecule has 0 fully saturated rings. The summed E-state index contributed by atoms with van der Waals surface area (Å²) in [7, 11) is 0. The van der Waals surface area contributed by atoms with Crippen molar-refractivity contribution in [2.45, 2.75) is 13.8 Å². The van der Waals surface area contributed by atoms with Crippen LogP contribution in [0.3, 0.4) is 0 Å². The molecule has 0 radical (unpaired) electrons. The summed E-state index contributed by atoms with van der Waals surface area (Å²) >= 11 is 12.7. The topological polar surface area (TPSA) is 63.2 Å². The number of benzene rings is 2. The first-order valence-corrected chi connectivity index (χ1v) is 9.38. The highest BCUT2D eigenvalue weighted by Gasteiger charge is 2.10. The zero-order valence-corrected chi connectivity index (χ0v) is 16.5. The van der Waals surface area contributed by atoms with Crippen LogP contribution in [0.15, 0.2) is 36.4 Å². The van der Waals surface area contributed by atoms with Crippen LogP contribution in [0.25, 0.3) is 10.2 Å². The van der Waals surface area contributed by atoms with E-state index in [0.717, 1.165) is 21.3 Å². The molecule has 0 spiro atoms. The predicted octanol–water partition coefficient (Wildman–Crippen LogP) is 4.46. The number of hydrogen-bond donors (Lipinski definition) is 2. The van der Waals surface area contributed by atoms with Gasteiger partial charge in [-0.25, -0.2) is 4.98 Å². The van der Waals surface area contributed by atoms with Crippen molar-refractivity contribution < 1.29 is 9.53 Å². The molecule has 1 aromatic heterocycles. The lowest BCUT2D eigenvalue weighted by atomic mass is 10.2. The van der Waals surface area contributed by atoms with Gasteiger partial charge in [0.25, 0.3) is 5.91 Å². The lowest BCUT2D eigenvalue weighted by molar-refractivity contribution is -0.121. The number of ether oxygens (including phenoxy) is 1. The monoisotopic (exact) mass is 405 g/mol. The fraction of sp³-hybridized carbons (Fsp3) is 0.167. The summed E-state index contributed by atoms with van der Waals surface area (Å²) in [5.74, 6) is 0.293. The number of aromatic nitrogens is 1. The number of thiazole rings is 1. The number of nitrogens with one attached hydrogen (secondary N) is 2. The van der Waals surface area contributed by atoms with Crippen LogP contribution in [0.1, 0.15) is 11.1 Å². The SMILES string of the molecule is Cc1cccc(OCC(=O)NC(=S)Nc2nc3cc(Cl)c(C)cc3s2)c1. The molecule has 0 atom stereocenters. The Balaban J connectivity index is 1.55. The molecule has 5 nitrogen and oxygen atoms in total. The molecular formula is C18H16ClN3O2S2. The predicted molar refractivity (Wildman–Crippen MR) is 110 cm³/mol. The van der Waals surface area contributed by atoms with Gasteiger partial charge in [-0.15, -0.1) is 0 Å². The fourth-order valence-corrected chi connectivity index (χ4v) is 3.63. The Hall–Kier alpha value is -2.22. The van der Waals surface area contributed by atoms with Crippen molar-refractivity contribution in [1.82, 2.24) is 10.3 Å². The van der Waals surface area contributed by atoms with Crippen molar-refractivity contribution in [3.63, 3.8) is 0 Å². The van der Waals surface area contributed by atoms with E-state index in [4.69, 9.17) is 28.6 Å². The molecule has 0 aliphatic carbocycles. The van der Waals surface area contributed by atoms with Crippen molar-refractivity contribution in [2.75, 3.05) is 11.9 Å². The summed E-state index contributed by atoms with van der Waals surface area (Å²) in [6.07, 6.45) is 0. The smallest absolute Gasteiger partial charge is 0.264 e. The Bertz CT molecular complexity index is 949. The molecule has 0 aliphatic heterocycles. The minimum atomic E-state index is -0.344. The first kappa shape index (κ1) is 18.6. The largest absolute Gasteiger partial charge is 0.484 e. The highest BCUT2D eigenvalue weighted by atomic mass is 35.5. The Morgan fingerprint density at radius 3 is 2.88 bits per heavy atom. The van der Waals surface area contributed by atoms with Crippen molar-refractivity contribution in [2.24, 2.45) is 0 Å². The van der Waals surface area contributed by atoms with Crippen molar-refractivity contribution in [3.05, 3.63) is 52.5 Å². The molecule has 0 aliphatic rings. The van der Waals surface area contributed by atoms with E-state index in [-0.39, 0.29) is 17.6 Å². The average Bonchev–Trinajstić information content (AvgIpc) is 2.94. The number of anilines is 1. The van der Waals surface area contributed by atoms with Gasteiger partial charge in [-0.1, -0.05) is 35.1 Å². The van der Waals surface area contributed by atoms with E-state index in [1.165, 1.54) is 11.3 Å². The molecule has 2 N–H and O–H groups in total. The number of hydrogen-bond acceptors (Lipinski definition) is 5. The molecule has 0 bridgehead atoms. The third kappa shape index (κ3) is 4.69. The lowest BCUT2D eigenvalue weighted by Gasteiger charge is -2.09. The lowest BCUT2D eigenvalue weighted by Crippen LogP contribution is -2.37. The molecule has 26 heavy (non-hydrogen) atoms. The van der Waals surface area contributed by atoms with E-state index in [2.05, 4.69) is 15.6 Å². The maximum Gasteiger partial charge on any atom is 0.264 e. The Morgan fingerprint density at radius 1 is 1.31 bits per heavy atom. The summed E-state index contributed by atoms with van der Waals surface area (Å²) in [6, 6.07) is 11.3. The number of nitrogens with zero attached hydrogens (tertiary/aromatic N) is 1. The van der Waals surface area contributed by atoms with Crippen LogP contribution in [0.2, 0.25) is 5.02 Å². The molecule has 0 unspecified atom stereocenters. The Labute approximate surface area is 165 Å². The zero-order chi connectivity index (χ0) is 18.7. The molecular weight excluding hydrogens is 390 g/mol. The second-order valence-electron chi connectivity index (χ2n) is 5.70. The molecule has 3 rings (SSSR count). The molecule has 134 valence electrons. The molecule has 1 amide bonds. The zero-order valence-electron chi connectivity index (χ0n) is 14.1. The number of halogens is 1. The van der Waals surface area contributed by atoms with Crippen LogP contribution >= 0.6 is 35.2 Å². The molecule has 2 aromatic carbocycles. The highest BCUT2D eigenvalue weighted by Crippen LogP contribution is 2.30. The first-order valence-electron chi connectivity index (χ1n) is 7.78. The first-order chi connectivity index (χ1) is 12.4.